The Labute approximate surface area is 156 Å². The zero-order valence-electron chi connectivity index (χ0n) is 14.8. The highest BCUT2D eigenvalue weighted by atomic mass is 35.5. The molecule has 1 unspecified atom stereocenters. The molecule has 1 heterocycles. The van der Waals surface area contributed by atoms with Crippen molar-refractivity contribution < 1.29 is 23.0 Å². The lowest BCUT2D eigenvalue weighted by atomic mass is 10.0. The van der Waals surface area contributed by atoms with E-state index < -0.39 is 6.61 Å². The van der Waals surface area contributed by atoms with E-state index in [0.717, 1.165) is 13.1 Å². The molecule has 1 aliphatic rings. The second kappa shape index (κ2) is 9.89. The van der Waals surface area contributed by atoms with Crippen LogP contribution in [-0.2, 0) is 4.74 Å². The Hall–Kier alpha value is -1.64. The fourth-order valence-corrected chi connectivity index (χ4v) is 3.06. The minimum Gasteiger partial charge on any atom is -0.433 e. The maximum Gasteiger partial charge on any atom is 0.387 e. The number of morpholine rings is 1. The number of nitrogens with zero attached hydrogens (tertiary/aromatic N) is 1. The van der Waals surface area contributed by atoms with E-state index in [9.17, 15) is 13.6 Å². The number of halogens is 3. The van der Waals surface area contributed by atoms with Crippen molar-refractivity contribution in [3.63, 3.8) is 0 Å². The largest absolute Gasteiger partial charge is 0.433 e. The number of carbonyl (C=O) groups excluding carboxylic acids is 1. The van der Waals surface area contributed by atoms with Crippen molar-refractivity contribution in [3.05, 3.63) is 23.2 Å². The first-order valence-corrected chi connectivity index (χ1v) is 8.85. The third kappa shape index (κ3) is 6.26. The standard InChI is InChI=1S/C17H24ClF2N3O3/c1-11(2)14(23-5-7-25-8-6-23)10-21-17(24)22-12-3-4-15(13(18)9-12)26-16(19)20/h3-4,9,11,14,16H,5-8,10H2,1-2H3,(H2,21,22,24). The predicted molar refractivity (Wildman–Crippen MR) is 96.1 cm³/mol. The van der Waals surface area contributed by atoms with Gasteiger partial charge in [0.25, 0.3) is 0 Å². The van der Waals surface area contributed by atoms with Gasteiger partial charge in [0.1, 0.15) is 5.75 Å². The maximum absolute atomic E-state index is 12.2. The molecule has 146 valence electrons. The molecule has 1 fully saturated rings. The molecule has 0 bridgehead atoms. The number of nitrogens with one attached hydrogen (secondary N) is 2. The number of hydrogen-bond acceptors (Lipinski definition) is 4. The highest BCUT2D eigenvalue weighted by molar-refractivity contribution is 6.32. The number of carbonyl (C=O) groups is 1. The molecular formula is C17H24ClF2N3O3. The third-order valence-electron chi connectivity index (χ3n) is 4.16. The Morgan fingerprint density at radius 1 is 1.35 bits per heavy atom. The maximum atomic E-state index is 12.2. The lowest BCUT2D eigenvalue weighted by molar-refractivity contribution is -0.0497. The summed E-state index contributed by atoms with van der Waals surface area (Å²) in [7, 11) is 0. The van der Waals surface area contributed by atoms with E-state index in [2.05, 4.69) is 34.1 Å². The second-order valence-electron chi connectivity index (χ2n) is 6.32. The highest BCUT2D eigenvalue weighted by Crippen LogP contribution is 2.28. The molecule has 0 aromatic heterocycles. The van der Waals surface area contributed by atoms with Gasteiger partial charge in [-0.2, -0.15) is 8.78 Å². The monoisotopic (exact) mass is 391 g/mol. The molecule has 0 aliphatic carbocycles. The molecule has 26 heavy (non-hydrogen) atoms. The smallest absolute Gasteiger partial charge is 0.387 e. The fourth-order valence-electron chi connectivity index (χ4n) is 2.84. The number of hydrogen-bond donors (Lipinski definition) is 2. The van der Waals surface area contributed by atoms with Crippen LogP contribution in [0.1, 0.15) is 13.8 Å². The van der Waals surface area contributed by atoms with Crippen molar-refractivity contribution in [2.75, 3.05) is 38.2 Å². The average molecular weight is 392 g/mol. The zero-order chi connectivity index (χ0) is 19.1. The van der Waals surface area contributed by atoms with Gasteiger partial charge in [-0.15, -0.1) is 0 Å². The molecule has 1 aromatic rings. The average Bonchev–Trinajstić information content (AvgIpc) is 2.58. The predicted octanol–water partition coefficient (Wildman–Crippen LogP) is 3.42. The Balaban J connectivity index is 1.88. The first kappa shape index (κ1) is 20.7. The Kier molecular flexibility index (Phi) is 7.86. The third-order valence-corrected chi connectivity index (χ3v) is 4.46. The first-order valence-electron chi connectivity index (χ1n) is 8.48. The summed E-state index contributed by atoms with van der Waals surface area (Å²) in [4.78, 5) is 14.4. The molecule has 0 radical (unpaired) electrons. The van der Waals surface area contributed by atoms with Crippen LogP contribution in [0.5, 0.6) is 5.75 Å². The van der Waals surface area contributed by atoms with Crippen LogP contribution >= 0.6 is 11.6 Å². The fraction of sp³-hybridized carbons (Fsp3) is 0.588. The van der Waals surface area contributed by atoms with Crippen molar-refractivity contribution >= 4 is 23.3 Å². The van der Waals surface area contributed by atoms with Gasteiger partial charge < -0.3 is 20.1 Å². The van der Waals surface area contributed by atoms with Gasteiger partial charge in [0.2, 0.25) is 0 Å². The van der Waals surface area contributed by atoms with Crippen molar-refractivity contribution in [1.29, 1.82) is 0 Å². The van der Waals surface area contributed by atoms with Crippen molar-refractivity contribution in [3.8, 4) is 5.75 Å². The van der Waals surface area contributed by atoms with Gasteiger partial charge in [-0.1, -0.05) is 25.4 Å². The Morgan fingerprint density at radius 3 is 2.62 bits per heavy atom. The number of ether oxygens (including phenoxy) is 2. The van der Waals surface area contributed by atoms with Crippen LogP contribution in [0.3, 0.4) is 0 Å². The Bertz CT molecular complexity index is 599. The highest BCUT2D eigenvalue weighted by Gasteiger charge is 2.24. The number of benzene rings is 1. The second-order valence-corrected chi connectivity index (χ2v) is 6.73. The molecular weight excluding hydrogens is 368 g/mol. The Morgan fingerprint density at radius 2 is 2.04 bits per heavy atom. The number of rotatable bonds is 7. The van der Waals surface area contributed by atoms with Crippen molar-refractivity contribution in [2.24, 2.45) is 5.92 Å². The van der Waals surface area contributed by atoms with Crippen LogP contribution in [0.4, 0.5) is 19.3 Å². The molecule has 2 N–H and O–H groups in total. The SMILES string of the molecule is CC(C)C(CNC(=O)Nc1ccc(OC(F)F)c(Cl)c1)N1CCOCC1. The number of anilines is 1. The minimum absolute atomic E-state index is 0.00327. The number of alkyl halides is 2. The molecule has 1 aromatic carbocycles. The van der Waals surface area contributed by atoms with E-state index in [0.29, 0.717) is 31.4 Å². The summed E-state index contributed by atoms with van der Waals surface area (Å²) in [5, 5.41) is 5.49. The molecule has 9 heteroatoms. The minimum atomic E-state index is -2.96. The molecule has 6 nitrogen and oxygen atoms in total. The van der Waals surface area contributed by atoms with Gasteiger partial charge in [0.05, 0.1) is 18.2 Å². The van der Waals surface area contributed by atoms with Gasteiger partial charge in [-0.25, -0.2) is 4.79 Å². The summed E-state index contributed by atoms with van der Waals surface area (Å²) >= 11 is 5.88. The van der Waals surface area contributed by atoms with Gasteiger partial charge >= 0.3 is 12.6 Å². The van der Waals surface area contributed by atoms with Gasteiger partial charge in [0, 0.05) is 31.4 Å². The molecule has 2 rings (SSSR count). The van der Waals surface area contributed by atoms with E-state index >= 15 is 0 Å². The van der Waals surface area contributed by atoms with Gasteiger partial charge in [-0.3, -0.25) is 4.90 Å². The van der Waals surface area contributed by atoms with Crippen LogP contribution < -0.4 is 15.4 Å². The van der Waals surface area contributed by atoms with E-state index in [-0.39, 0.29) is 22.8 Å². The summed E-state index contributed by atoms with van der Waals surface area (Å²) in [5.74, 6) is 0.230. The zero-order valence-corrected chi connectivity index (χ0v) is 15.6. The lowest BCUT2D eigenvalue weighted by Gasteiger charge is -2.36. The summed E-state index contributed by atoms with van der Waals surface area (Å²) in [5.41, 5.74) is 0.390. The molecule has 2 amide bonds. The molecule has 0 saturated carbocycles. The van der Waals surface area contributed by atoms with E-state index in [1.165, 1.54) is 18.2 Å². The molecule has 0 spiro atoms. The van der Waals surface area contributed by atoms with Crippen LogP contribution in [0.15, 0.2) is 18.2 Å². The van der Waals surface area contributed by atoms with Crippen LogP contribution in [0.25, 0.3) is 0 Å². The molecule has 1 aliphatic heterocycles. The summed E-state index contributed by atoms with van der Waals surface area (Å²) in [6.45, 7) is 4.83. The van der Waals surface area contributed by atoms with E-state index in [1.54, 1.807) is 0 Å². The van der Waals surface area contributed by atoms with Crippen molar-refractivity contribution in [2.45, 2.75) is 26.5 Å². The summed E-state index contributed by atoms with van der Waals surface area (Å²) in [6, 6.07) is 3.91. The van der Waals surface area contributed by atoms with Gasteiger partial charge in [0.15, 0.2) is 0 Å². The topological polar surface area (TPSA) is 62.8 Å². The summed E-state index contributed by atoms with van der Waals surface area (Å²) in [6.07, 6.45) is 0. The first-order chi connectivity index (χ1) is 12.4. The normalized spacial score (nSPS) is 16.6. The molecule has 1 atom stereocenters. The summed E-state index contributed by atoms with van der Waals surface area (Å²) < 4.78 is 34.1. The number of urea groups is 1. The molecule has 1 saturated heterocycles. The van der Waals surface area contributed by atoms with Gasteiger partial charge in [-0.05, 0) is 24.1 Å². The van der Waals surface area contributed by atoms with E-state index in [1.807, 2.05) is 0 Å². The van der Waals surface area contributed by atoms with Crippen LogP contribution in [-0.4, -0.2) is 56.4 Å². The van der Waals surface area contributed by atoms with Crippen LogP contribution in [0, 0.1) is 5.92 Å². The quantitative estimate of drug-likeness (QED) is 0.747. The van der Waals surface area contributed by atoms with Crippen molar-refractivity contribution in [1.82, 2.24) is 10.2 Å². The number of amides is 2. The van der Waals surface area contributed by atoms with E-state index in [4.69, 9.17) is 16.3 Å². The lowest BCUT2D eigenvalue weighted by Crippen LogP contribution is -2.51. The van der Waals surface area contributed by atoms with Crippen LogP contribution in [0.2, 0.25) is 5.02 Å².